The van der Waals surface area contributed by atoms with Gasteiger partial charge in [0.2, 0.25) is 0 Å². The second kappa shape index (κ2) is 9.38. The lowest BCUT2D eigenvalue weighted by molar-refractivity contribution is -0.150. The second-order valence-corrected chi connectivity index (χ2v) is 8.59. The van der Waals surface area contributed by atoms with Gasteiger partial charge in [-0.2, -0.15) is 0 Å². The molecule has 0 spiro atoms. The predicted molar refractivity (Wildman–Crippen MR) is 111 cm³/mol. The third kappa shape index (κ3) is 5.82. The van der Waals surface area contributed by atoms with Crippen molar-refractivity contribution in [2.24, 2.45) is 5.73 Å². The number of thiophene rings is 1. The highest BCUT2D eigenvalue weighted by Crippen LogP contribution is 2.28. The minimum atomic E-state index is -0.992. The van der Waals surface area contributed by atoms with Crippen molar-refractivity contribution in [3.8, 4) is 0 Å². The Hall–Kier alpha value is -1.84. The van der Waals surface area contributed by atoms with Crippen LogP contribution >= 0.6 is 39.0 Å². The lowest BCUT2D eigenvalue weighted by Gasteiger charge is -2.14. The molecule has 0 aliphatic rings. The molecule has 1 unspecified atom stereocenters. The molecule has 0 radical (unpaired) electrons. The summed E-state index contributed by atoms with van der Waals surface area (Å²) in [5.74, 6) is -1.56. The summed E-state index contributed by atoms with van der Waals surface area (Å²) in [6.07, 6.45) is -0.992. The topological polar surface area (TPSA) is 98.5 Å². The van der Waals surface area contributed by atoms with E-state index >= 15 is 0 Å². The zero-order valence-electron chi connectivity index (χ0n) is 15.0. The van der Waals surface area contributed by atoms with E-state index in [1.807, 2.05) is 26.0 Å². The van der Waals surface area contributed by atoms with Crippen LogP contribution in [0.4, 0.5) is 5.00 Å². The molecule has 2 aromatic rings. The van der Waals surface area contributed by atoms with Gasteiger partial charge < -0.3 is 15.8 Å². The van der Waals surface area contributed by atoms with Crippen LogP contribution in [0.25, 0.3) is 0 Å². The average Bonchev–Trinajstić information content (AvgIpc) is 3.05. The van der Waals surface area contributed by atoms with E-state index in [2.05, 4.69) is 21.2 Å². The number of ether oxygens (including phenoxy) is 1. The molecular weight excluding hydrogens is 452 g/mol. The summed E-state index contributed by atoms with van der Waals surface area (Å²) in [5.41, 5.74) is 7.59. The molecule has 3 N–H and O–H groups in total. The van der Waals surface area contributed by atoms with Crippen LogP contribution in [-0.2, 0) is 14.3 Å². The number of rotatable bonds is 7. The molecule has 1 aromatic carbocycles. The van der Waals surface area contributed by atoms with Crippen molar-refractivity contribution in [2.45, 2.75) is 31.8 Å². The number of amides is 2. The first-order chi connectivity index (χ1) is 12.7. The number of halogens is 1. The lowest BCUT2D eigenvalue weighted by atomic mass is 10.2. The molecule has 144 valence electrons. The zero-order chi connectivity index (χ0) is 20.1. The monoisotopic (exact) mass is 470 g/mol. The van der Waals surface area contributed by atoms with Crippen LogP contribution in [0.3, 0.4) is 0 Å². The Morgan fingerprint density at radius 1 is 1.30 bits per heavy atom. The van der Waals surface area contributed by atoms with Crippen molar-refractivity contribution in [3.63, 3.8) is 0 Å². The van der Waals surface area contributed by atoms with Gasteiger partial charge in [-0.1, -0.05) is 15.9 Å². The molecule has 1 atom stereocenters. The number of primary amides is 1. The molecule has 2 rings (SSSR count). The Bertz CT molecular complexity index is 882. The molecule has 0 saturated heterocycles. The number of hydrogen-bond donors (Lipinski definition) is 2. The van der Waals surface area contributed by atoms with E-state index in [-0.39, 0.29) is 11.3 Å². The number of esters is 1. The van der Waals surface area contributed by atoms with Gasteiger partial charge in [0.25, 0.3) is 11.8 Å². The van der Waals surface area contributed by atoms with Crippen LogP contribution < -0.4 is 11.1 Å². The van der Waals surface area contributed by atoms with Crippen LogP contribution in [0.2, 0.25) is 0 Å². The quantitative estimate of drug-likeness (QED) is 0.472. The summed E-state index contributed by atoms with van der Waals surface area (Å²) in [6.45, 7) is 5.42. The Labute approximate surface area is 174 Å². The first-order valence-electron chi connectivity index (χ1n) is 7.96. The number of carbonyl (C=O) groups excluding carboxylic acids is 3. The minimum Gasteiger partial charge on any atom is -0.452 e. The highest BCUT2D eigenvalue weighted by atomic mass is 79.9. The molecule has 2 amide bonds. The first kappa shape index (κ1) is 21.5. The number of carbonyl (C=O) groups is 3. The van der Waals surface area contributed by atoms with Gasteiger partial charge in [0, 0.05) is 9.37 Å². The van der Waals surface area contributed by atoms with Gasteiger partial charge in [0.15, 0.2) is 6.10 Å². The minimum absolute atomic E-state index is 0.0884. The fourth-order valence-electron chi connectivity index (χ4n) is 2.14. The van der Waals surface area contributed by atoms with Crippen molar-refractivity contribution < 1.29 is 19.1 Å². The van der Waals surface area contributed by atoms with Crippen molar-refractivity contribution in [3.05, 3.63) is 44.7 Å². The number of benzene rings is 1. The Morgan fingerprint density at radius 3 is 2.67 bits per heavy atom. The van der Waals surface area contributed by atoms with Crippen LogP contribution in [-0.4, -0.2) is 29.6 Å². The first-order valence-corrected chi connectivity index (χ1v) is 10.6. The van der Waals surface area contributed by atoms with E-state index in [0.717, 1.165) is 20.5 Å². The van der Waals surface area contributed by atoms with Crippen molar-refractivity contribution in [2.75, 3.05) is 11.1 Å². The van der Waals surface area contributed by atoms with Gasteiger partial charge in [-0.25, -0.2) is 0 Å². The molecule has 9 heteroatoms. The number of nitrogens with two attached hydrogens (primary N) is 1. The maximum absolute atomic E-state index is 12.2. The normalized spacial score (nSPS) is 11.7. The molecule has 1 heterocycles. The van der Waals surface area contributed by atoms with Gasteiger partial charge in [0.1, 0.15) is 5.00 Å². The van der Waals surface area contributed by atoms with E-state index in [4.69, 9.17) is 10.5 Å². The molecule has 0 saturated carbocycles. The van der Waals surface area contributed by atoms with E-state index in [0.29, 0.717) is 5.00 Å². The molecule has 27 heavy (non-hydrogen) atoms. The standard InChI is InChI=1S/C18H19BrN2O4S2/c1-9-7-14(10(2)6-13(9)19)27-8-15(22)25-11(3)17(24)21-18-12(16(20)23)4-5-26-18/h4-7,11H,8H2,1-3H3,(H2,20,23)(H,21,24). The van der Waals surface area contributed by atoms with Gasteiger partial charge >= 0.3 is 5.97 Å². The van der Waals surface area contributed by atoms with Gasteiger partial charge in [0.05, 0.1) is 11.3 Å². The molecule has 0 aliphatic carbocycles. The van der Waals surface area contributed by atoms with Crippen LogP contribution in [0.15, 0.2) is 32.9 Å². The number of aryl methyl sites for hydroxylation is 2. The van der Waals surface area contributed by atoms with E-state index in [1.165, 1.54) is 36.1 Å². The van der Waals surface area contributed by atoms with Crippen LogP contribution in [0, 0.1) is 13.8 Å². The van der Waals surface area contributed by atoms with Gasteiger partial charge in [-0.05, 0) is 55.5 Å². The summed E-state index contributed by atoms with van der Waals surface area (Å²) in [7, 11) is 0. The molecule has 0 bridgehead atoms. The van der Waals surface area contributed by atoms with Gasteiger partial charge in [-0.15, -0.1) is 23.1 Å². The van der Waals surface area contributed by atoms with Crippen LogP contribution in [0.5, 0.6) is 0 Å². The average molecular weight is 471 g/mol. The largest absolute Gasteiger partial charge is 0.452 e. The van der Waals surface area contributed by atoms with E-state index < -0.39 is 23.9 Å². The van der Waals surface area contributed by atoms with E-state index in [1.54, 1.807) is 5.38 Å². The highest BCUT2D eigenvalue weighted by molar-refractivity contribution is 9.10. The smallest absolute Gasteiger partial charge is 0.317 e. The summed E-state index contributed by atoms with van der Waals surface area (Å²) < 4.78 is 6.20. The maximum atomic E-state index is 12.2. The molecule has 1 aromatic heterocycles. The number of anilines is 1. The Morgan fingerprint density at radius 2 is 2.00 bits per heavy atom. The lowest BCUT2D eigenvalue weighted by Crippen LogP contribution is -2.31. The number of thioether (sulfide) groups is 1. The summed E-state index contributed by atoms with van der Waals surface area (Å²) in [6, 6.07) is 5.52. The van der Waals surface area contributed by atoms with Crippen molar-refractivity contribution >= 4 is 61.8 Å². The fraction of sp³-hybridized carbons (Fsp3) is 0.278. The summed E-state index contributed by atoms with van der Waals surface area (Å²) in [4.78, 5) is 36.5. The van der Waals surface area contributed by atoms with Crippen molar-refractivity contribution in [1.82, 2.24) is 0 Å². The SMILES string of the molecule is Cc1cc(SCC(=O)OC(C)C(=O)Nc2sccc2C(N)=O)c(C)cc1Br. The predicted octanol–water partition coefficient (Wildman–Crippen LogP) is 3.89. The molecule has 0 fully saturated rings. The number of hydrogen-bond acceptors (Lipinski definition) is 6. The zero-order valence-corrected chi connectivity index (χ0v) is 18.2. The van der Waals surface area contributed by atoms with Crippen LogP contribution in [0.1, 0.15) is 28.4 Å². The number of nitrogens with one attached hydrogen (secondary N) is 1. The molecular formula is C18H19BrN2O4S2. The van der Waals surface area contributed by atoms with Gasteiger partial charge in [-0.3, -0.25) is 14.4 Å². The van der Waals surface area contributed by atoms with E-state index in [9.17, 15) is 14.4 Å². The third-order valence-electron chi connectivity index (χ3n) is 3.65. The summed E-state index contributed by atoms with van der Waals surface area (Å²) >= 11 is 6.00. The Balaban J connectivity index is 1.89. The second-order valence-electron chi connectivity index (χ2n) is 5.80. The molecule has 0 aliphatic heterocycles. The highest BCUT2D eigenvalue weighted by Gasteiger charge is 2.21. The Kier molecular flexibility index (Phi) is 7.46. The molecule has 6 nitrogen and oxygen atoms in total. The summed E-state index contributed by atoms with van der Waals surface area (Å²) in [5, 5.41) is 4.55. The van der Waals surface area contributed by atoms with Crippen molar-refractivity contribution in [1.29, 1.82) is 0 Å². The third-order valence-corrected chi connectivity index (χ3v) is 6.46. The fourth-order valence-corrected chi connectivity index (χ4v) is 4.29. The maximum Gasteiger partial charge on any atom is 0.317 e.